The van der Waals surface area contributed by atoms with E-state index in [2.05, 4.69) is 48.8 Å². The topological polar surface area (TPSA) is 12.9 Å². The van der Waals surface area contributed by atoms with Gasteiger partial charge in [0.2, 0.25) is 0 Å². The molecule has 0 bridgehead atoms. The molecule has 0 saturated heterocycles. The van der Waals surface area contributed by atoms with Crippen molar-refractivity contribution in [1.29, 1.82) is 0 Å². The molecular formula is C19H19N. The summed E-state index contributed by atoms with van der Waals surface area (Å²) in [7, 11) is 0. The molecule has 0 radical (unpaired) electrons. The van der Waals surface area contributed by atoms with Crippen LogP contribution in [0, 0.1) is 6.92 Å². The fraction of sp³-hybridized carbons (Fsp3) is 0.105. The molecule has 0 saturated carbocycles. The van der Waals surface area contributed by atoms with Gasteiger partial charge in [-0.1, -0.05) is 61.2 Å². The predicted octanol–water partition coefficient (Wildman–Crippen LogP) is 5.20. The fourth-order valence-corrected chi connectivity index (χ4v) is 2.03. The smallest absolute Gasteiger partial charge is 0.0711 e. The number of rotatable bonds is 4. The second kappa shape index (κ2) is 6.67. The molecule has 0 spiro atoms. The molecule has 0 aliphatic heterocycles. The lowest BCUT2D eigenvalue weighted by Crippen LogP contribution is -1.91. The van der Waals surface area contributed by atoms with Crippen molar-refractivity contribution in [3.05, 3.63) is 84.6 Å². The highest BCUT2D eigenvalue weighted by Crippen LogP contribution is 2.22. The predicted molar refractivity (Wildman–Crippen MR) is 87.4 cm³/mol. The molecule has 1 nitrogen and oxygen atoms in total. The van der Waals surface area contributed by atoms with Gasteiger partial charge in [0, 0.05) is 11.3 Å². The van der Waals surface area contributed by atoms with E-state index in [9.17, 15) is 0 Å². The Kier molecular flexibility index (Phi) is 4.67. The average Bonchev–Trinajstić information content (AvgIpc) is 2.47. The van der Waals surface area contributed by atoms with Gasteiger partial charge in [-0.2, -0.15) is 0 Å². The molecule has 0 unspecified atom stereocenters. The molecule has 2 aromatic rings. The monoisotopic (exact) mass is 261 g/mol. The highest BCUT2D eigenvalue weighted by molar-refractivity contribution is 5.70. The van der Waals surface area contributed by atoms with E-state index in [0.717, 1.165) is 17.0 Å². The zero-order valence-electron chi connectivity index (χ0n) is 12.0. The Morgan fingerprint density at radius 2 is 1.85 bits per heavy atom. The SMILES string of the molecule is C=C/C=C\C=C(/C)c1cc(C)nc(-c2ccccc2)c1. The van der Waals surface area contributed by atoms with E-state index in [1.807, 2.05) is 37.3 Å². The van der Waals surface area contributed by atoms with Crippen LogP contribution in [-0.2, 0) is 0 Å². The molecule has 1 heterocycles. The van der Waals surface area contributed by atoms with Crippen LogP contribution < -0.4 is 0 Å². The normalized spacial score (nSPS) is 11.8. The first-order valence-electron chi connectivity index (χ1n) is 6.71. The minimum atomic E-state index is 1.01. The average molecular weight is 261 g/mol. The molecule has 0 aliphatic carbocycles. The zero-order chi connectivity index (χ0) is 14.4. The second-order valence-corrected chi connectivity index (χ2v) is 4.72. The highest BCUT2D eigenvalue weighted by Gasteiger charge is 2.03. The summed E-state index contributed by atoms with van der Waals surface area (Å²) in [5.41, 5.74) is 5.60. The molecule has 0 aliphatic rings. The molecule has 0 N–H and O–H groups in total. The molecule has 1 heteroatoms. The highest BCUT2D eigenvalue weighted by atomic mass is 14.7. The summed E-state index contributed by atoms with van der Waals surface area (Å²) in [6.45, 7) is 7.81. The van der Waals surface area contributed by atoms with Crippen LogP contribution in [0.4, 0.5) is 0 Å². The summed E-state index contributed by atoms with van der Waals surface area (Å²) in [5.74, 6) is 0. The summed E-state index contributed by atoms with van der Waals surface area (Å²) in [5, 5.41) is 0. The summed E-state index contributed by atoms with van der Waals surface area (Å²) in [6.07, 6.45) is 7.79. The lowest BCUT2D eigenvalue weighted by molar-refractivity contribution is 1.20. The van der Waals surface area contributed by atoms with Gasteiger partial charge in [-0.3, -0.25) is 4.98 Å². The number of aromatic nitrogens is 1. The van der Waals surface area contributed by atoms with Crippen molar-refractivity contribution < 1.29 is 0 Å². The maximum atomic E-state index is 4.62. The molecule has 0 amide bonds. The summed E-state index contributed by atoms with van der Waals surface area (Å²) in [6, 6.07) is 14.5. The quantitative estimate of drug-likeness (QED) is 0.689. The summed E-state index contributed by atoms with van der Waals surface area (Å²) in [4.78, 5) is 4.62. The molecule has 2 rings (SSSR count). The van der Waals surface area contributed by atoms with Crippen LogP contribution in [0.15, 0.2) is 73.3 Å². The molecule has 1 aromatic carbocycles. The van der Waals surface area contributed by atoms with E-state index in [1.54, 1.807) is 6.08 Å². The van der Waals surface area contributed by atoms with E-state index >= 15 is 0 Å². The number of allylic oxidation sites excluding steroid dienone is 5. The fourth-order valence-electron chi connectivity index (χ4n) is 2.03. The number of hydrogen-bond acceptors (Lipinski definition) is 1. The third-order valence-electron chi connectivity index (χ3n) is 3.07. The number of nitrogens with zero attached hydrogens (tertiary/aromatic N) is 1. The van der Waals surface area contributed by atoms with Crippen LogP contribution >= 0.6 is 0 Å². The van der Waals surface area contributed by atoms with Gasteiger partial charge in [0.25, 0.3) is 0 Å². The minimum absolute atomic E-state index is 1.01. The Balaban J connectivity index is 2.41. The van der Waals surface area contributed by atoms with Gasteiger partial charge in [0.1, 0.15) is 0 Å². The van der Waals surface area contributed by atoms with E-state index < -0.39 is 0 Å². The molecule has 1 aromatic heterocycles. The third-order valence-corrected chi connectivity index (χ3v) is 3.07. The van der Waals surface area contributed by atoms with Gasteiger partial charge >= 0.3 is 0 Å². The zero-order valence-corrected chi connectivity index (χ0v) is 12.0. The Morgan fingerprint density at radius 1 is 1.10 bits per heavy atom. The van der Waals surface area contributed by atoms with E-state index in [-0.39, 0.29) is 0 Å². The van der Waals surface area contributed by atoms with Crippen LogP contribution in [0.25, 0.3) is 16.8 Å². The molecule has 0 atom stereocenters. The number of pyridine rings is 1. The maximum absolute atomic E-state index is 4.62. The lowest BCUT2D eigenvalue weighted by atomic mass is 10.0. The van der Waals surface area contributed by atoms with Crippen molar-refractivity contribution in [3.8, 4) is 11.3 Å². The van der Waals surface area contributed by atoms with Crippen molar-refractivity contribution in [3.63, 3.8) is 0 Å². The van der Waals surface area contributed by atoms with Crippen molar-refractivity contribution >= 4 is 5.57 Å². The van der Waals surface area contributed by atoms with Crippen molar-refractivity contribution in [1.82, 2.24) is 4.98 Å². The minimum Gasteiger partial charge on any atom is -0.253 e. The Hall–Kier alpha value is -2.41. The van der Waals surface area contributed by atoms with Gasteiger partial charge in [-0.25, -0.2) is 0 Å². The van der Waals surface area contributed by atoms with Crippen LogP contribution in [0.1, 0.15) is 18.2 Å². The van der Waals surface area contributed by atoms with Gasteiger partial charge in [-0.05, 0) is 37.1 Å². The maximum Gasteiger partial charge on any atom is 0.0711 e. The van der Waals surface area contributed by atoms with Gasteiger partial charge in [-0.15, -0.1) is 0 Å². The summed E-state index contributed by atoms with van der Waals surface area (Å²) < 4.78 is 0. The number of hydrogen-bond donors (Lipinski definition) is 0. The summed E-state index contributed by atoms with van der Waals surface area (Å²) >= 11 is 0. The van der Waals surface area contributed by atoms with E-state index in [0.29, 0.717) is 0 Å². The van der Waals surface area contributed by atoms with Crippen LogP contribution in [0.2, 0.25) is 0 Å². The van der Waals surface area contributed by atoms with Crippen molar-refractivity contribution in [2.45, 2.75) is 13.8 Å². The Bertz CT molecular complexity index is 649. The largest absolute Gasteiger partial charge is 0.253 e. The molecule has 0 fully saturated rings. The number of aryl methyl sites for hydroxylation is 1. The standard InChI is InChI=1S/C19H19N/c1-4-5-7-10-15(2)18-13-16(3)20-19(14-18)17-11-8-6-9-12-17/h4-14H,1H2,2-3H3/b7-5-,15-10+. The van der Waals surface area contributed by atoms with Crippen molar-refractivity contribution in [2.24, 2.45) is 0 Å². The molecule has 20 heavy (non-hydrogen) atoms. The van der Waals surface area contributed by atoms with Gasteiger partial charge in [0.05, 0.1) is 5.69 Å². The van der Waals surface area contributed by atoms with E-state index in [1.165, 1.54) is 11.1 Å². The van der Waals surface area contributed by atoms with Crippen LogP contribution in [0.3, 0.4) is 0 Å². The third kappa shape index (κ3) is 3.55. The second-order valence-electron chi connectivity index (χ2n) is 4.72. The van der Waals surface area contributed by atoms with Crippen molar-refractivity contribution in [2.75, 3.05) is 0 Å². The first-order chi connectivity index (χ1) is 9.70. The Labute approximate surface area is 121 Å². The Morgan fingerprint density at radius 3 is 2.55 bits per heavy atom. The molecule has 100 valence electrons. The first kappa shape index (κ1) is 14.0. The van der Waals surface area contributed by atoms with Crippen LogP contribution in [0.5, 0.6) is 0 Å². The lowest BCUT2D eigenvalue weighted by Gasteiger charge is -2.07. The first-order valence-corrected chi connectivity index (χ1v) is 6.71. The number of benzene rings is 1. The molecular weight excluding hydrogens is 242 g/mol. The van der Waals surface area contributed by atoms with Gasteiger partial charge in [0.15, 0.2) is 0 Å². The van der Waals surface area contributed by atoms with E-state index in [4.69, 9.17) is 0 Å². The van der Waals surface area contributed by atoms with Gasteiger partial charge < -0.3 is 0 Å². The van der Waals surface area contributed by atoms with Crippen LogP contribution in [-0.4, -0.2) is 4.98 Å².